The van der Waals surface area contributed by atoms with Gasteiger partial charge in [-0.15, -0.1) is 0 Å². The van der Waals surface area contributed by atoms with Crippen LogP contribution in [0.5, 0.6) is 0 Å². The largest absolute Gasteiger partial charge is 0.405 e. The van der Waals surface area contributed by atoms with Gasteiger partial charge in [0.25, 0.3) is 5.91 Å². The number of benzene rings is 2. The van der Waals surface area contributed by atoms with Crippen LogP contribution >= 0.6 is 0 Å². The number of hydrogen-bond acceptors (Lipinski definition) is 7. The molecule has 1 aromatic heterocycles. The summed E-state index contributed by atoms with van der Waals surface area (Å²) < 4.78 is 67.6. The van der Waals surface area contributed by atoms with E-state index in [2.05, 4.69) is 20.0 Å². The minimum atomic E-state index is -4.41. The Hall–Kier alpha value is -3.52. The molecule has 1 saturated heterocycles. The molecule has 3 N–H and O–H groups in total. The fourth-order valence-electron chi connectivity index (χ4n) is 5.45. The summed E-state index contributed by atoms with van der Waals surface area (Å²) in [6.45, 7) is -0.246. The standard InChI is InChI=1S/C27H33F3N6O4S/c1-34(17-27(28,29)30)24-21-15-18(4-6-22(21)35(2)32-24)31-25(38)20-5-3-19(33-41(39,40)14-13-37)16-23(20)36-11-9-26(7-8-26)10-12-36/h3-6,15-16,33,37H,7-14,17H2,1-2H3,(H,31,38). The first-order valence-electron chi connectivity index (χ1n) is 13.3. The van der Waals surface area contributed by atoms with E-state index in [1.807, 2.05) is 0 Å². The Morgan fingerprint density at radius 1 is 1.10 bits per heavy atom. The lowest BCUT2D eigenvalue weighted by molar-refractivity contribution is -0.119. The summed E-state index contributed by atoms with van der Waals surface area (Å²) in [6, 6.07) is 9.61. The zero-order valence-electron chi connectivity index (χ0n) is 22.8. The van der Waals surface area contributed by atoms with Crippen molar-refractivity contribution >= 4 is 49.7 Å². The molecule has 41 heavy (non-hydrogen) atoms. The number of hydrogen-bond donors (Lipinski definition) is 3. The molecule has 1 aliphatic carbocycles. The van der Waals surface area contributed by atoms with Crippen LogP contribution in [0.15, 0.2) is 36.4 Å². The van der Waals surface area contributed by atoms with Crippen LogP contribution in [-0.2, 0) is 17.1 Å². The summed E-state index contributed by atoms with van der Waals surface area (Å²) in [5.41, 5.74) is 2.57. The van der Waals surface area contributed by atoms with E-state index < -0.39 is 41.0 Å². The van der Waals surface area contributed by atoms with Gasteiger partial charge in [-0.05, 0) is 67.5 Å². The maximum Gasteiger partial charge on any atom is 0.405 e. The van der Waals surface area contributed by atoms with Crippen molar-refractivity contribution in [3.63, 3.8) is 0 Å². The van der Waals surface area contributed by atoms with Gasteiger partial charge in [0.05, 0.1) is 34.8 Å². The van der Waals surface area contributed by atoms with Crippen LogP contribution in [0.3, 0.4) is 0 Å². The van der Waals surface area contributed by atoms with Crippen LogP contribution in [0.1, 0.15) is 36.0 Å². The second kappa shape index (κ2) is 10.7. The quantitative estimate of drug-likeness (QED) is 0.343. The van der Waals surface area contributed by atoms with Crippen molar-refractivity contribution in [2.24, 2.45) is 12.5 Å². The number of amides is 1. The molecular weight excluding hydrogens is 561 g/mol. The van der Waals surface area contributed by atoms with E-state index in [1.165, 1.54) is 30.6 Å². The van der Waals surface area contributed by atoms with E-state index in [1.54, 1.807) is 37.4 Å². The van der Waals surface area contributed by atoms with Gasteiger partial charge in [0, 0.05) is 38.3 Å². The Morgan fingerprint density at radius 3 is 2.41 bits per heavy atom. The van der Waals surface area contributed by atoms with Gasteiger partial charge in [-0.3, -0.25) is 14.2 Å². The first kappa shape index (κ1) is 29.0. The lowest BCUT2D eigenvalue weighted by Crippen LogP contribution is -2.35. The molecule has 0 unspecified atom stereocenters. The van der Waals surface area contributed by atoms with Crippen LogP contribution in [0.4, 0.5) is 36.1 Å². The van der Waals surface area contributed by atoms with Gasteiger partial charge in [-0.25, -0.2) is 8.42 Å². The Bertz CT molecular complexity index is 1560. The Labute approximate surface area is 236 Å². The number of fused-ring (bicyclic) bond motifs is 1. The number of piperidine rings is 1. The molecule has 10 nitrogen and oxygen atoms in total. The van der Waals surface area contributed by atoms with Crippen molar-refractivity contribution in [3.8, 4) is 0 Å². The molecular formula is C27H33F3N6O4S. The number of nitrogens with one attached hydrogen (secondary N) is 2. The summed E-state index contributed by atoms with van der Waals surface area (Å²) in [6.07, 6.45) is -0.0357. The van der Waals surface area contributed by atoms with Gasteiger partial charge in [0.15, 0.2) is 5.82 Å². The average molecular weight is 595 g/mol. The van der Waals surface area contributed by atoms with E-state index in [0.29, 0.717) is 33.3 Å². The SMILES string of the molecule is CN(CC(F)(F)F)c1nn(C)c2ccc(NC(=O)c3ccc(NS(=O)(=O)CCO)cc3N3CCC4(CC3)CC4)cc12. The topological polar surface area (TPSA) is 120 Å². The molecule has 1 saturated carbocycles. The van der Waals surface area contributed by atoms with Gasteiger partial charge in [-0.2, -0.15) is 18.3 Å². The van der Waals surface area contributed by atoms with Crippen LogP contribution in [-0.4, -0.2) is 74.4 Å². The predicted octanol–water partition coefficient (Wildman–Crippen LogP) is 3.94. The second-order valence-electron chi connectivity index (χ2n) is 11.0. The molecule has 2 aromatic carbocycles. The number of aromatic nitrogens is 2. The third kappa shape index (κ3) is 6.53. The number of carbonyl (C=O) groups is 1. The highest BCUT2D eigenvalue weighted by atomic mass is 32.2. The van der Waals surface area contributed by atoms with Crippen molar-refractivity contribution in [2.75, 3.05) is 58.9 Å². The third-order valence-corrected chi connectivity index (χ3v) is 9.13. The number of aliphatic hydroxyl groups excluding tert-OH is 1. The normalized spacial score (nSPS) is 16.7. The van der Waals surface area contributed by atoms with Gasteiger partial charge in [-0.1, -0.05) is 0 Å². The summed E-state index contributed by atoms with van der Waals surface area (Å²) >= 11 is 0. The second-order valence-corrected chi connectivity index (χ2v) is 12.8. The highest BCUT2D eigenvalue weighted by Gasteiger charge is 2.44. The molecule has 1 aliphatic heterocycles. The average Bonchev–Trinajstić information content (AvgIpc) is 3.55. The fraction of sp³-hybridized carbons (Fsp3) is 0.481. The molecule has 222 valence electrons. The van der Waals surface area contributed by atoms with E-state index in [0.717, 1.165) is 30.8 Å². The summed E-state index contributed by atoms with van der Waals surface area (Å²) in [5.74, 6) is -0.753. The number of anilines is 4. The van der Waals surface area contributed by atoms with E-state index in [4.69, 9.17) is 5.11 Å². The third-order valence-electron chi connectivity index (χ3n) is 7.86. The lowest BCUT2D eigenvalue weighted by Gasteiger charge is -2.35. The first-order chi connectivity index (χ1) is 19.3. The molecule has 0 atom stereocenters. The zero-order valence-corrected chi connectivity index (χ0v) is 23.6. The molecule has 2 fully saturated rings. The minimum absolute atomic E-state index is 0.137. The van der Waals surface area contributed by atoms with Gasteiger partial charge < -0.3 is 20.2 Å². The molecule has 1 spiro atoms. The molecule has 0 bridgehead atoms. The maximum absolute atomic E-state index is 13.6. The minimum Gasteiger partial charge on any atom is -0.395 e. The Morgan fingerprint density at radius 2 is 1.78 bits per heavy atom. The molecule has 5 rings (SSSR count). The van der Waals surface area contributed by atoms with Gasteiger partial charge in [0.1, 0.15) is 6.54 Å². The number of aliphatic hydroxyl groups is 1. The highest BCUT2D eigenvalue weighted by molar-refractivity contribution is 7.92. The van der Waals surface area contributed by atoms with Crippen LogP contribution in [0.25, 0.3) is 10.9 Å². The maximum atomic E-state index is 13.6. The number of nitrogens with zero attached hydrogens (tertiary/aromatic N) is 4. The van der Waals surface area contributed by atoms with E-state index in [-0.39, 0.29) is 11.5 Å². The number of rotatable bonds is 9. The van der Waals surface area contributed by atoms with Crippen molar-refractivity contribution in [1.29, 1.82) is 0 Å². The number of halogens is 3. The van der Waals surface area contributed by atoms with Gasteiger partial charge >= 0.3 is 6.18 Å². The van der Waals surface area contributed by atoms with Crippen molar-refractivity contribution in [1.82, 2.24) is 9.78 Å². The number of alkyl halides is 3. The molecule has 2 aliphatic rings. The summed E-state index contributed by atoms with van der Waals surface area (Å²) in [4.78, 5) is 16.7. The zero-order chi connectivity index (χ0) is 29.6. The number of aryl methyl sites for hydroxylation is 1. The van der Waals surface area contributed by atoms with E-state index >= 15 is 0 Å². The van der Waals surface area contributed by atoms with Gasteiger partial charge in [0.2, 0.25) is 10.0 Å². The molecule has 1 amide bonds. The van der Waals surface area contributed by atoms with Crippen LogP contribution in [0, 0.1) is 5.41 Å². The van der Waals surface area contributed by atoms with Crippen LogP contribution < -0.4 is 19.8 Å². The smallest absolute Gasteiger partial charge is 0.395 e. The number of sulfonamides is 1. The molecule has 14 heteroatoms. The van der Waals surface area contributed by atoms with Crippen molar-refractivity contribution in [2.45, 2.75) is 31.9 Å². The summed E-state index contributed by atoms with van der Waals surface area (Å²) in [7, 11) is -0.815. The summed E-state index contributed by atoms with van der Waals surface area (Å²) in [5, 5.41) is 16.6. The first-order valence-corrected chi connectivity index (χ1v) is 15.0. The van der Waals surface area contributed by atoms with Crippen LogP contribution in [0.2, 0.25) is 0 Å². The Balaban J connectivity index is 1.44. The molecule has 2 heterocycles. The fourth-order valence-corrected chi connectivity index (χ4v) is 6.28. The van der Waals surface area contributed by atoms with E-state index in [9.17, 15) is 26.4 Å². The van der Waals surface area contributed by atoms with Crippen molar-refractivity contribution in [3.05, 3.63) is 42.0 Å². The predicted molar refractivity (Wildman–Crippen MR) is 152 cm³/mol. The molecule has 3 aromatic rings. The lowest BCUT2D eigenvalue weighted by atomic mass is 9.93. The Kier molecular flexibility index (Phi) is 7.57. The highest BCUT2D eigenvalue weighted by Crippen LogP contribution is 2.54. The monoisotopic (exact) mass is 594 g/mol. The van der Waals surface area contributed by atoms with Crippen molar-refractivity contribution < 1.29 is 31.5 Å². The number of carbonyl (C=O) groups excluding carboxylic acids is 1. The molecule has 0 radical (unpaired) electrons.